The van der Waals surface area contributed by atoms with Gasteiger partial charge in [-0.15, -0.1) is 0 Å². The predicted molar refractivity (Wildman–Crippen MR) is 61.6 cm³/mol. The summed E-state index contributed by atoms with van der Waals surface area (Å²) in [6.07, 6.45) is -0.230. The SMILES string of the molecule is Cc1cc(F)ccc1NC(=O)C(N)CC(N)=O. The molecule has 17 heavy (non-hydrogen) atoms. The Labute approximate surface area is 98.0 Å². The molecule has 1 aromatic rings. The zero-order chi connectivity index (χ0) is 13.0. The fourth-order valence-corrected chi connectivity index (χ4v) is 1.30. The van der Waals surface area contributed by atoms with Crippen LogP contribution in [-0.2, 0) is 9.59 Å². The van der Waals surface area contributed by atoms with E-state index < -0.39 is 17.9 Å². The summed E-state index contributed by atoms with van der Waals surface area (Å²) in [5.74, 6) is -1.57. The second kappa shape index (κ2) is 5.40. The lowest BCUT2D eigenvalue weighted by Crippen LogP contribution is -2.39. The summed E-state index contributed by atoms with van der Waals surface area (Å²) >= 11 is 0. The van der Waals surface area contributed by atoms with E-state index in [9.17, 15) is 14.0 Å². The van der Waals surface area contributed by atoms with E-state index in [1.807, 2.05) is 0 Å². The lowest BCUT2D eigenvalue weighted by Gasteiger charge is -2.12. The molecular formula is C11H14FN3O2. The van der Waals surface area contributed by atoms with Gasteiger partial charge in [0, 0.05) is 5.69 Å². The van der Waals surface area contributed by atoms with Crippen LogP contribution in [-0.4, -0.2) is 17.9 Å². The third-order valence-corrected chi connectivity index (χ3v) is 2.20. The third-order valence-electron chi connectivity index (χ3n) is 2.20. The van der Waals surface area contributed by atoms with Crippen molar-refractivity contribution in [3.63, 3.8) is 0 Å². The van der Waals surface area contributed by atoms with Crippen LogP contribution in [0.25, 0.3) is 0 Å². The van der Waals surface area contributed by atoms with Crippen LogP contribution >= 0.6 is 0 Å². The summed E-state index contributed by atoms with van der Waals surface area (Å²) in [6.45, 7) is 1.65. The van der Waals surface area contributed by atoms with Gasteiger partial charge in [0.2, 0.25) is 11.8 Å². The number of benzene rings is 1. The molecule has 2 amide bonds. The number of amides is 2. The zero-order valence-electron chi connectivity index (χ0n) is 9.37. The van der Waals surface area contributed by atoms with E-state index in [0.29, 0.717) is 11.3 Å². The highest BCUT2D eigenvalue weighted by Gasteiger charge is 2.16. The van der Waals surface area contributed by atoms with E-state index in [4.69, 9.17) is 11.5 Å². The Morgan fingerprint density at radius 3 is 2.65 bits per heavy atom. The normalized spacial score (nSPS) is 11.9. The molecule has 0 aliphatic rings. The summed E-state index contributed by atoms with van der Waals surface area (Å²) in [5.41, 5.74) is 11.4. The van der Waals surface area contributed by atoms with Crippen molar-refractivity contribution in [1.82, 2.24) is 0 Å². The first-order valence-electron chi connectivity index (χ1n) is 5.01. The number of nitrogens with two attached hydrogens (primary N) is 2. The van der Waals surface area contributed by atoms with Crippen molar-refractivity contribution in [2.45, 2.75) is 19.4 Å². The molecule has 0 aromatic heterocycles. The fraction of sp³-hybridized carbons (Fsp3) is 0.273. The minimum atomic E-state index is -1.00. The maximum absolute atomic E-state index is 12.8. The van der Waals surface area contributed by atoms with Crippen LogP contribution in [0.3, 0.4) is 0 Å². The van der Waals surface area contributed by atoms with E-state index in [1.54, 1.807) is 6.92 Å². The van der Waals surface area contributed by atoms with E-state index in [1.165, 1.54) is 18.2 Å². The topological polar surface area (TPSA) is 98.2 Å². The Bertz CT molecular complexity index is 448. The van der Waals surface area contributed by atoms with Crippen molar-refractivity contribution in [3.05, 3.63) is 29.6 Å². The summed E-state index contributed by atoms with van der Waals surface area (Å²) in [5, 5.41) is 2.50. The number of anilines is 1. The minimum absolute atomic E-state index is 0.230. The number of hydrogen-bond donors (Lipinski definition) is 3. The largest absolute Gasteiger partial charge is 0.370 e. The maximum Gasteiger partial charge on any atom is 0.241 e. The molecule has 0 radical (unpaired) electrons. The molecule has 0 fully saturated rings. The van der Waals surface area contributed by atoms with Crippen molar-refractivity contribution in [3.8, 4) is 0 Å². The van der Waals surface area contributed by atoms with Crippen molar-refractivity contribution in [2.75, 3.05) is 5.32 Å². The molecule has 0 bridgehead atoms. The third kappa shape index (κ3) is 3.84. The van der Waals surface area contributed by atoms with Gasteiger partial charge in [0.1, 0.15) is 5.82 Å². The molecular weight excluding hydrogens is 225 g/mol. The van der Waals surface area contributed by atoms with Gasteiger partial charge in [0.15, 0.2) is 0 Å². The molecule has 92 valence electrons. The number of primary amides is 1. The van der Waals surface area contributed by atoms with Gasteiger partial charge in [-0.2, -0.15) is 0 Å². The summed E-state index contributed by atoms with van der Waals surface area (Å²) in [7, 11) is 0. The highest BCUT2D eigenvalue weighted by Crippen LogP contribution is 2.15. The highest BCUT2D eigenvalue weighted by molar-refractivity contribution is 5.97. The molecule has 6 heteroatoms. The van der Waals surface area contributed by atoms with Gasteiger partial charge < -0.3 is 16.8 Å². The number of hydrogen-bond acceptors (Lipinski definition) is 3. The van der Waals surface area contributed by atoms with Gasteiger partial charge >= 0.3 is 0 Å². The van der Waals surface area contributed by atoms with Crippen LogP contribution in [0.1, 0.15) is 12.0 Å². The summed E-state index contributed by atoms with van der Waals surface area (Å²) < 4.78 is 12.8. The number of carbonyl (C=O) groups excluding carboxylic acids is 2. The van der Waals surface area contributed by atoms with E-state index in [2.05, 4.69) is 5.32 Å². The molecule has 5 nitrogen and oxygen atoms in total. The van der Waals surface area contributed by atoms with Crippen LogP contribution in [0.4, 0.5) is 10.1 Å². The predicted octanol–water partition coefficient (Wildman–Crippen LogP) is 0.275. The van der Waals surface area contributed by atoms with Crippen LogP contribution in [0.15, 0.2) is 18.2 Å². The van der Waals surface area contributed by atoms with Crippen molar-refractivity contribution in [1.29, 1.82) is 0 Å². The first-order valence-corrected chi connectivity index (χ1v) is 5.01. The van der Waals surface area contributed by atoms with Gasteiger partial charge in [-0.3, -0.25) is 9.59 Å². The Hall–Kier alpha value is -1.95. The zero-order valence-corrected chi connectivity index (χ0v) is 9.37. The van der Waals surface area contributed by atoms with E-state index in [0.717, 1.165) is 0 Å². The van der Waals surface area contributed by atoms with Crippen molar-refractivity contribution < 1.29 is 14.0 Å². The number of halogens is 1. The van der Waals surface area contributed by atoms with Crippen LogP contribution in [0.2, 0.25) is 0 Å². The smallest absolute Gasteiger partial charge is 0.241 e. The number of aryl methyl sites for hydroxylation is 1. The molecule has 0 aliphatic heterocycles. The first-order chi connectivity index (χ1) is 7.90. The summed E-state index contributed by atoms with van der Waals surface area (Å²) in [6, 6.07) is 2.94. The van der Waals surface area contributed by atoms with Crippen LogP contribution in [0, 0.1) is 12.7 Å². The van der Waals surface area contributed by atoms with Crippen molar-refractivity contribution in [2.24, 2.45) is 11.5 Å². The number of nitrogens with one attached hydrogen (secondary N) is 1. The second-order valence-electron chi connectivity index (χ2n) is 3.73. The lowest BCUT2D eigenvalue weighted by molar-refractivity contribution is -0.123. The highest BCUT2D eigenvalue weighted by atomic mass is 19.1. The Balaban J connectivity index is 2.71. The number of rotatable bonds is 4. The molecule has 0 saturated carbocycles. The molecule has 1 rings (SSSR count). The molecule has 0 heterocycles. The molecule has 5 N–H and O–H groups in total. The Kier molecular flexibility index (Phi) is 4.17. The van der Waals surface area contributed by atoms with Crippen LogP contribution in [0.5, 0.6) is 0 Å². The van der Waals surface area contributed by atoms with E-state index >= 15 is 0 Å². The van der Waals surface area contributed by atoms with Gasteiger partial charge in [0.05, 0.1) is 12.5 Å². The molecule has 1 atom stereocenters. The quantitative estimate of drug-likeness (QED) is 0.703. The van der Waals surface area contributed by atoms with Crippen molar-refractivity contribution >= 4 is 17.5 Å². The van der Waals surface area contributed by atoms with Gasteiger partial charge in [-0.25, -0.2) is 4.39 Å². The van der Waals surface area contributed by atoms with Gasteiger partial charge in [-0.1, -0.05) is 0 Å². The fourth-order valence-electron chi connectivity index (χ4n) is 1.30. The lowest BCUT2D eigenvalue weighted by atomic mass is 10.1. The minimum Gasteiger partial charge on any atom is -0.370 e. The average molecular weight is 239 g/mol. The monoisotopic (exact) mass is 239 g/mol. The molecule has 0 spiro atoms. The first kappa shape index (κ1) is 13.1. The Morgan fingerprint density at radius 1 is 1.47 bits per heavy atom. The molecule has 0 saturated heterocycles. The van der Waals surface area contributed by atoms with Gasteiger partial charge in [0.25, 0.3) is 0 Å². The average Bonchev–Trinajstić information content (AvgIpc) is 2.21. The van der Waals surface area contributed by atoms with Gasteiger partial charge in [-0.05, 0) is 30.7 Å². The van der Waals surface area contributed by atoms with E-state index in [-0.39, 0.29) is 12.2 Å². The van der Waals surface area contributed by atoms with Crippen LogP contribution < -0.4 is 16.8 Å². The molecule has 1 aromatic carbocycles. The summed E-state index contributed by atoms with van der Waals surface area (Å²) in [4.78, 5) is 22.1. The number of carbonyl (C=O) groups is 2. The second-order valence-corrected chi connectivity index (χ2v) is 3.73. The maximum atomic E-state index is 12.8. The molecule has 1 unspecified atom stereocenters. The Morgan fingerprint density at radius 2 is 2.12 bits per heavy atom. The molecule has 0 aliphatic carbocycles. The standard InChI is InChI=1S/C11H14FN3O2/c1-6-4-7(12)2-3-9(6)15-11(17)8(13)5-10(14)16/h2-4,8H,5,13H2,1H3,(H2,14,16)(H,15,17).